The minimum atomic E-state index is -1.36. The number of aromatic amines is 1. The SMILES string of the molecule is CCC(C)C(NC(=O)C(Cc1c[nH]c2ccccc12)NC(=O)C(CC(C)C)NC(=O)C(N)CC(=O)O)C(=O)O. The molecule has 1 heterocycles. The lowest BCUT2D eigenvalue weighted by molar-refractivity contribution is -0.143. The van der Waals surface area contributed by atoms with Crippen LogP contribution in [0.1, 0.15) is 52.5 Å². The van der Waals surface area contributed by atoms with Crippen molar-refractivity contribution < 1.29 is 34.2 Å². The first-order chi connectivity index (χ1) is 18.3. The van der Waals surface area contributed by atoms with Crippen LogP contribution in [0.15, 0.2) is 30.5 Å². The number of carbonyl (C=O) groups is 5. The van der Waals surface area contributed by atoms with Crippen molar-refractivity contribution in [2.24, 2.45) is 17.6 Å². The van der Waals surface area contributed by atoms with Gasteiger partial charge in [0, 0.05) is 23.5 Å². The number of para-hydroxylation sites is 1. The summed E-state index contributed by atoms with van der Waals surface area (Å²) in [5.41, 5.74) is 7.23. The van der Waals surface area contributed by atoms with Gasteiger partial charge in [0.05, 0.1) is 12.5 Å². The molecule has 1 aromatic heterocycles. The van der Waals surface area contributed by atoms with Gasteiger partial charge in [-0.2, -0.15) is 0 Å². The van der Waals surface area contributed by atoms with Gasteiger partial charge in [0.1, 0.15) is 18.1 Å². The van der Waals surface area contributed by atoms with Crippen molar-refractivity contribution in [1.29, 1.82) is 0 Å². The molecule has 12 nitrogen and oxygen atoms in total. The summed E-state index contributed by atoms with van der Waals surface area (Å²) in [4.78, 5) is 65.2. The van der Waals surface area contributed by atoms with Gasteiger partial charge in [0.2, 0.25) is 17.7 Å². The van der Waals surface area contributed by atoms with Crippen LogP contribution in [0.5, 0.6) is 0 Å². The first-order valence-corrected chi connectivity index (χ1v) is 13.0. The minimum Gasteiger partial charge on any atom is -0.481 e. The van der Waals surface area contributed by atoms with E-state index in [1.54, 1.807) is 13.1 Å². The molecule has 5 atom stereocenters. The standard InChI is InChI=1S/C27H39N5O7/c1-5-15(4)23(27(38)39)32-26(37)21(11-16-13-29-19-9-7-6-8-17(16)19)31-25(36)20(10-14(2)3)30-24(35)18(28)12-22(33)34/h6-9,13-15,18,20-21,23,29H,5,10-12,28H2,1-4H3,(H,30,35)(H,31,36)(H,32,37)(H,33,34)(H,38,39). The zero-order valence-electron chi connectivity index (χ0n) is 22.7. The summed E-state index contributed by atoms with van der Waals surface area (Å²) in [6, 6.07) is 2.64. The van der Waals surface area contributed by atoms with E-state index in [0.717, 1.165) is 16.5 Å². The Labute approximate surface area is 227 Å². The number of carbonyl (C=O) groups excluding carboxylic acids is 3. The first-order valence-electron chi connectivity index (χ1n) is 13.0. The van der Waals surface area contributed by atoms with Crippen LogP contribution in [-0.2, 0) is 30.4 Å². The summed E-state index contributed by atoms with van der Waals surface area (Å²) in [7, 11) is 0. The molecule has 8 N–H and O–H groups in total. The Balaban J connectivity index is 2.34. The van der Waals surface area contributed by atoms with Crippen molar-refractivity contribution in [2.45, 2.75) is 77.5 Å². The van der Waals surface area contributed by atoms with Crippen LogP contribution in [0.25, 0.3) is 10.9 Å². The van der Waals surface area contributed by atoms with Crippen molar-refractivity contribution in [1.82, 2.24) is 20.9 Å². The fourth-order valence-corrected chi connectivity index (χ4v) is 4.20. The molecule has 39 heavy (non-hydrogen) atoms. The maximum absolute atomic E-state index is 13.4. The molecule has 0 saturated carbocycles. The number of fused-ring (bicyclic) bond motifs is 1. The summed E-state index contributed by atoms with van der Waals surface area (Å²) in [5, 5.41) is 27.2. The largest absolute Gasteiger partial charge is 0.481 e. The third-order valence-corrected chi connectivity index (χ3v) is 6.58. The van der Waals surface area contributed by atoms with Gasteiger partial charge in [-0.1, -0.05) is 52.3 Å². The molecule has 0 bridgehead atoms. The monoisotopic (exact) mass is 545 g/mol. The van der Waals surface area contributed by atoms with E-state index >= 15 is 0 Å². The molecular formula is C27H39N5O7. The van der Waals surface area contributed by atoms with Crippen LogP contribution in [0, 0.1) is 11.8 Å². The number of benzene rings is 1. The molecule has 3 amide bonds. The normalized spacial score (nSPS) is 15.1. The van der Waals surface area contributed by atoms with Gasteiger partial charge in [-0.05, 0) is 29.9 Å². The van der Waals surface area contributed by atoms with E-state index in [1.165, 1.54) is 0 Å². The number of hydrogen-bond acceptors (Lipinski definition) is 6. The van der Waals surface area contributed by atoms with Crippen molar-refractivity contribution in [3.05, 3.63) is 36.0 Å². The molecule has 0 aliphatic carbocycles. The Bertz CT molecular complexity index is 1180. The van der Waals surface area contributed by atoms with Gasteiger partial charge < -0.3 is 36.9 Å². The third-order valence-electron chi connectivity index (χ3n) is 6.58. The van der Waals surface area contributed by atoms with E-state index in [9.17, 15) is 29.1 Å². The number of aromatic nitrogens is 1. The quantitative estimate of drug-likeness (QED) is 0.172. The van der Waals surface area contributed by atoms with Crippen LogP contribution in [0.3, 0.4) is 0 Å². The number of nitrogens with two attached hydrogens (primary N) is 1. The summed E-state index contributed by atoms with van der Waals surface area (Å²) in [5.74, 6) is -5.01. The van der Waals surface area contributed by atoms with Crippen LogP contribution in [0.4, 0.5) is 0 Å². The van der Waals surface area contributed by atoms with Crippen LogP contribution < -0.4 is 21.7 Å². The van der Waals surface area contributed by atoms with Gasteiger partial charge in [0.25, 0.3) is 0 Å². The van der Waals surface area contributed by atoms with E-state index in [0.29, 0.717) is 6.42 Å². The number of hydrogen-bond donors (Lipinski definition) is 7. The molecule has 12 heteroatoms. The molecule has 214 valence electrons. The lowest BCUT2D eigenvalue weighted by Crippen LogP contribution is -2.58. The highest BCUT2D eigenvalue weighted by molar-refractivity contribution is 5.95. The van der Waals surface area contributed by atoms with Crippen LogP contribution in [-0.4, -0.2) is 69.0 Å². The maximum Gasteiger partial charge on any atom is 0.326 e. The summed E-state index contributed by atoms with van der Waals surface area (Å²) in [6.45, 7) is 7.19. The lowest BCUT2D eigenvalue weighted by Gasteiger charge is -2.27. The predicted molar refractivity (Wildman–Crippen MR) is 145 cm³/mol. The number of nitrogens with one attached hydrogen (secondary N) is 4. The second-order valence-corrected chi connectivity index (χ2v) is 10.2. The van der Waals surface area contributed by atoms with Gasteiger partial charge in [-0.15, -0.1) is 0 Å². The van der Waals surface area contributed by atoms with Gasteiger partial charge >= 0.3 is 11.9 Å². The number of carboxylic acid groups (broad SMARTS) is 2. The van der Waals surface area contributed by atoms with Crippen molar-refractivity contribution in [3.8, 4) is 0 Å². The van der Waals surface area contributed by atoms with Crippen LogP contribution in [0.2, 0.25) is 0 Å². The fourth-order valence-electron chi connectivity index (χ4n) is 4.20. The van der Waals surface area contributed by atoms with E-state index in [2.05, 4.69) is 20.9 Å². The van der Waals surface area contributed by atoms with Gasteiger partial charge in [-0.25, -0.2) is 4.79 Å². The molecule has 5 unspecified atom stereocenters. The zero-order chi connectivity index (χ0) is 29.3. The summed E-state index contributed by atoms with van der Waals surface area (Å²) in [6.07, 6.45) is 1.87. The highest BCUT2D eigenvalue weighted by Gasteiger charge is 2.33. The summed E-state index contributed by atoms with van der Waals surface area (Å²) >= 11 is 0. The number of rotatable bonds is 15. The second kappa shape index (κ2) is 14.3. The number of amides is 3. The molecule has 0 saturated heterocycles. The minimum absolute atomic E-state index is 0.0422. The molecule has 0 spiro atoms. The highest BCUT2D eigenvalue weighted by atomic mass is 16.4. The highest BCUT2D eigenvalue weighted by Crippen LogP contribution is 2.20. The third kappa shape index (κ3) is 9.10. The fraction of sp³-hybridized carbons (Fsp3) is 0.519. The molecule has 1 aromatic carbocycles. The van der Waals surface area contributed by atoms with Crippen molar-refractivity contribution >= 4 is 40.6 Å². The molecule has 2 aromatic rings. The lowest BCUT2D eigenvalue weighted by atomic mass is 9.97. The molecule has 2 rings (SSSR count). The van der Waals surface area contributed by atoms with E-state index in [4.69, 9.17) is 10.8 Å². The number of H-pyrrole nitrogens is 1. The maximum atomic E-state index is 13.4. The Morgan fingerprint density at radius 1 is 0.923 bits per heavy atom. The summed E-state index contributed by atoms with van der Waals surface area (Å²) < 4.78 is 0. The van der Waals surface area contributed by atoms with Crippen LogP contribution >= 0.6 is 0 Å². The van der Waals surface area contributed by atoms with E-state index < -0.39 is 60.2 Å². The number of carboxylic acids is 2. The molecule has 0 aliphatic heterocycles. The van der Waals surface area contributed by atoms with E-state index in [-0.39, 0.29) is 24.7 Å². The molecule has 0 radical (unpaired) electrons. The molecule has 0 aliphatic rings. The van der Waals surface area contributed by atoms with Crippen molar-refractivity contribution in [2.75, 3.05) is 0 Å². The van der Waals surface area contributed by atoms with E-state index in [1.807, 2.05) is 45.0 Å². The van der Waals surface area contributed by atoms with Gasteiger partial charge in [-0.3, -0.25) is 19.2 Å². The Kier molecular flexibility index (Phi) is 11.5. The first kappa shape index (κ1) is 31.3. The van der Waals surface area contributed by atoms with Crippen molar-refractivity contribution in [3.63, 3.8) is 0 Å². The Morgan fingerprint density at radius 3 is 2.13 bits per heavy atom. The zero-order valence-corrected chi connectivity index (χ0v) is 22.7. The second-order valence-electron chi connectivity index (χ2n) is 10.2. The topological polar surface area (TPSA) is 204 Å². The Hall–Kier alpha value is -3.93. The van der Waals surface area contributed by atoms with Gasteiger partial charge in [0.15, 0.2) is 0 Å². The molecular weight excluding hydrogens is 506 g/mol. The smallest absolute Gasteiger partial charge is 0.326 e. The number of aliphatic carboxylic acids is 2. The molecule has 0 fully saturated rings. The predicted octanol–water partition coefficient (Wildman–Crippen LogP) is 1.14. The Morgan fingerprint density at radius 2 is 1.54 bits per heavy atom. The average molecular weight is 546 g/mol. The average Bonchev–Trinajstić information content (AvgIpc) is 3.27.